The molecule has 0 heterocycles. The van der Waals surface area contributed by atoms with Crippen LogP contribution in [0.15, 0.2) is 0 Å². The van der Waals surface area contributed by atoms with Crippen molar-refractivity contribution in [2.24, 2.45) is 0 Å². The van der Waals surface area contributed by atoms with Crippen LogP contribution in [0.3, 0.4) is 0 Å². The smallest absolute Gasteiger partial charge is 3.00 e. The Balaban J connectivity index is 0. The number of hydrogen-bond donors (Lipinski definition) is 0. The maximum atomic E-state index is 0. The molecule has 0 bridgehead atoms. The second-order valence-corrected chi connectivity index (χ2v) is 0. The van der Waals surface area contributed by atoms with Crippen LogP contribution in [0.5, 0.6) is 0 Å². The third-order valence-electron chi connectivity index (χ3n) is 0. The Morgan fingerprint density at radius 3 is 0.214 bits per heavy atom. The van der Waals surface area contributed by atoms with Crippen molar-refractivity contribution in [2.45, 2.75) is 0 Å². The molecule has 0 aliphatic carbocycles. The van der Waals surface area contributed by atoms with E-state index in [2.05, 4.69) is 0 Å². The molecular weight excluding hydrogens is 865 g/mol. The molecule has 64 valence electrons. The fraction of sp³-hybridized carbons (Fsp3) is 0. The van der Waals surface area contributed by atoms with E-state index in [1.54, 1.807) is 0 Å². The van der Waals surface area contributed by atoms with E-state index in [0.717, 1.165) is 0 Å². The van der Waals surface area contributed by atoms with Gasteiger partial charge in [-0.1, -0.05) is 0 Å². The molecule has 0 atom stereocenters. The molecule has 0 unspecified atom stereocenters. The zero-order chi connectivity index (χ0) is 0. The zero-order valence-electron chi connectivity index (χ0n) is 6.58. The molecule has 8 nitrogen and oxygen atoms in total. The van der Waals surface area contributed by atoms with Crippen LogP contribution in [0.25, 0.3) is 49.2 Å². The average Bonchev–Trinajstić information content (AvgIpc) is 0. The van der Waals surface area contributed by atoms with Gasteiger partial charge in [-0.2, -0.15) is 0 Å². The van der Waals surface area contributed by atoms with Crippen LogP contribution in [-0.4, -0.2) is 52.8 Å². The third kappa shape index (κ3) is 231. The second-order valence-electron chi connectivity index (χ2n) is 0. The summed E-state index contributed by atoms with van der Waals surface area (Å²) < 4.78 is 0. The molecule has 0 rings (SSSR count). The predicted molar refractivity (Wildman–Crippen MR) is 44.1 cm³/mol. The van der Waals surface area contributed by atoms with Gasteiger partial charge in [-0.25, -0.2) is 0 Å². The minimum Gasteiger partial charge on any atom is -3.00 e. The summed E-state index contributed by atoms with van der Waals surface area (Å²) in [6, 6.07) is 0. The predicted octanol–water partition coefficient (Wildman–Crippen LogP) is 1.16. The van der Waals surface area contributed by atoms with Gasteiger partial charge in [0.1, 0.15) is 0 Å². The Labute approximate surface area is 176 Å². The Hall–Kier alpha value is 3.92. The first-order chi connectivity index (χ1) is 0. The minimum atomic E-state index is 0. The Morgan fingerprint density at radius 1 is 0.214 bits per heavy atom. The van der Waals surface area contributed by atoms with Crippen molar-refractivity contribution in [1.82, 2.24) is 0 Å². The van der Waals surface area contributed by atoms with Crippen molar-refractivity contribution in [2.75, 3.05) is 0 Å². The number of nitrogens with zero attached hydrogens (tertiary/aromatic N) is 8. The van der Waals surface area contributed by atoms with Gasteiger partial charge < -0.3 is 49.2 Å². The Kier molecular flexibility index (Phi) is 6660. The van der Waals surface area contributed by atoms with Crippen LogP contribution in [-0.2, 0) is 77.5 Å². The zero-order valence-corrected chi connectivity index (χ0v) is 23.6. The molecular formula is Ge3Hf3N8. The molecule has 0 aliphatic rings. The standard InChI is InChI=1S/3Ge.3Hf.8N/q6*+4;8*-3. The van der Waals surface area contributed by atoms with E-state index in [1.165, 1.54) is 0 Å². The minimum absolute atomic E-state index is 0. The Bertz CT molecular complexity index is 19.8. The monoisotopic (exact) mass is 874 g/mol. The van der Waals surface area contributed by atoms with E-state index < -0.39 is 0 Å². The van der Waals surface area contributed by atoms with Crippen LogP contribution < -0.4 is 0 Å². The largest absolute Gasteiger partial charge is 4.00 e. The Morgan fingerprint density at radius 2 is 0.214 bits per heavy atom. The summed E-state index contributed by atoms with van der Waals surface area (Å²) in [7, 11) is 0. The quantitative estimate of drug-likeness (QED) is 0.312. The molecule has 0 aromatic carbocycles. The molecule has 0 amide bonds. The van der Waals surface area contributed by atoms with Crippen LogP contribution in [0.2, 0.25) is 0 Å². The molecule has 14 heavy (non-hydrogen) atoms. The van der Waals surface area contributed by atoms with Gasteiger partial charge in [-0.15, -0.1) is 0 Å². The van der Waals surface area contributed by atoms with Crippen molar-refractivity contribution in [1.29, 1.82) is 0 Å². The fourth-order valence-corrected chi connectivity index (χ4v) is 0. The van der Waals surface area contributed by atoms with Gasteiger partial charge in [-0.05, 0) is 0 Å². The van der Waals surface area contributed by atoms with E-state index >= 15 is 0 Å². The summed E-state index contributed by atoms with van der Waals surface area (Å²) in [6.07, 6.45) is 0. The number of rotatable bonds is 0. The molecule has 0 aliphatic heterocycles. The van der Waals surface area contributed by atoms with Crippen molar-refractivity contribution >= 4 is 52.8 Å². The van der Waals surface area contributed by atoms with E-state index in [0.29, 0.717) is 0 Å². The van der Waals surface area contributed by atoms with Crippen LogP contribution in [0.4, 0.5) is 0 Å². The summed E-state index contributed by atoms with van der Waals surface area (Å²) in [5.41, 5.74) is 0. The van der Waals surface area contributed by atoms with Crippen LogP contribution in [0.1, 0.15) is 0 Å². The molecule has 0 saturated heterocycles. The second kappa shape index (κ2) is 279. The van der Waals surface area contributed by atoms with E-state index in [-0.39, 0.29) is 180 Å². The molecule has 0 fully saturated rings. The van der Waals surface area contributed by atoms with E-state index in [4.69, 9.17) is 0 Å². The molecule has 0 spiro atoms. The van der Waals surface area contributed by atoms with Crippen molar-refractivity contribution in [3.05, 3.63) is 49.2 Å². The first-order valence-electron chi connectivity index (χ1n) is 0. The summed E-state index contributed by atoms with van der Waals surface area (Å²) in [5, 5.41) is 0. The van der Waals surface area contributed by atoms with Gasteiger partial charge in [0.05, 0.1) is 0 Å². The number of hydrogen-bond acceptors (Lipinski definition) is 0. The first kappa shape index (κ1) is 334. The summed E-state index contributed by atoms with van der Waals surface area (Å²) >= 11 is 0. The molecule has 0 radical (unpaired) electrons. The van der Waals surface area contributed by atoms with Crippen molar-refractivity contribution < 1.29 is 77.5 Å². The van der Waals surface area contributed by atoms with Crippen LogP contribution in [0, 0.1) is 0 Å². The maximum Gasteiger partial charge on any atom is 4.00 e. The topological polar surface area (TPSA) is 244 Å². The molecule has 0 aromatic heterocycles. The third-order valence-corrected chi connectivity index (χ3v) is 0. The molecule has 14 heteroatoms. The van der Waals surface area contributed by atoms with Gasteiger partial charge in [0.2, 0.25) is 0 Å². The van der Waals surface area contributed by atoms with Gasteiger partial charge in [0.25, 0.3) is 0 Å². The molecule has 0 N–H and O–H groups in total. The van der Waals surface area contributed by atoms with Gasteiger partial charge in [0.15, 0.2) is 0 Å². The normalized spacial score (nSPS) is 0. The van der Waals surface area contributed by atoms with Crippen LogP contribution >= 0.6 is 0 Å². The van der Waals surface area contributed by atoms with Crippen molar-refractivity contribution in [3.63, 3.8) is 0 Å². The van der Waals surface area contributed by atoms with Crippen molar-refractivity contribution in [3.8, 4) is 0 Å². The maximum absolute atomic E-state index is 0. The summed E-state index contributed by atoms with van der Waals surface area (Å²) in [6.45, 7) is 0. The summed E-state index contributed by atoms with van der Waals surface area (Å²) in [5.74, 6) is 0. The summed E-state index contributed by atoms with van der Waals surface area (Å²) in [4.78, 5) is 0. The van der Waals surface area contributed by atoms with Gasteiger partial charge in [-0.3, -0.25) is 0 Å². The van der Waals surface area contributed by atoms with Gasteiger partial charge >= 0.3 is 130 Å². The fourth-order valence-electron chi connectivity index (χ4n) is 0. The van der Waals surface area contributed by atoms with Gasteiger partial charge in [0, 0.05) is 0 Å². The van der Waals surface area contributed by atoms with E-state index in [1.807, 2.05) is 0 Å². The molecule has 0 saturated carbocycles. The first-order valence-corrected chi connectivity index (χ1v) is 0. The molecule has 0 aromatic rings. The average molecular weight is 865 g/mol. The van der Waals surface area contributed by atoms with E-state index in [9.17, 15) is 0 Å². The SMILES string of the molecule is [Ge+4].[Ge+4].[Ge+4].[Hf+4].[Hf+4].[Hf+4].[N-3].[N-3].[N-3].[N-3].[N-3].[N-3].[N-3].[N-3].